The van der Waals surface area contributed by atoms with Gasteiger partial charge in [-0.15, -0.1) is 0 Å². The third-order valence-corrected chi connectivity index (χ3v) is 2.16. The van der Waals surface area contributed by atoms with E-state index in [1.54, 1.807) is 6.92 Å². The Bertz CT molecular complexity index is 418. The van der Waals surface area contributed by atoms with Crippen LogP contribution in [0.1, 0.15) is 12.6 Å². The number of aromatic nitrogens is 1. The molecule has 1 N–H and O–H groups in total. The zero-order valence-corrected chi connectivity index (χ0v) is 10.3. The van der Waals surface area contributed by atoms with E-state index in [4.69, 9.17) is 0 Å². The van der Waals surface area contributed by atoms with E-state index in [1.807, 2.05) is 0 Å². The molecule has 1 aromatic heterocycles. The van der Waals surface area contributed by atoms with Gasteiger partial charge in [0.05, 0.1) is 12.3 Å². The standard InChI is InChI=1S/C11H12F6N2O/c1-2-18-8-5-3-4-7(19-8)6-20-9(10(12,13)14)11(15,16)17/h3-5,9H,2,6H2,1H3,(H,18,19). The summed E-state index contributed by atoms with van der Waals surface area (Å²) >= 11 is 0. The average Bonchev–Trinajstić information content (AvgIpc) is 2.26. The Labute approximate surface area is 110 Å². The van der Waals surface area contributed by atoms with Gasteiger partial charge in [-0.3, -0.25) is 0 Å². The molecule has 0 fully saturated rings. The molecule has 0 saturated carbocycles. The highest BCUT2D eigenvalue weighted by molar-refractivity contribution is 5.34. The second kappa shape index (κ2) is 6.29. The molecule has 9 heteroatoms. The smallest absolute Gasteiger partial charge is 0.370 e. The molecular formula is C11H12F6N2O. The molecule has 0 bridgehead atoms. The number of hydrogen-bond donors (Lipinski definition) is 1. The molecule has 0 radical (unpaired) electrons. The van der Waals surface area contributed by atoms with E-state index in [2.05, 4.69) is 15.0 Å². The highest BCUT2D eigenvalue weighted by Crippen LogP contribution is 2.36. The number of alkyl halides is 6. The topological polar surface area (TPSA) is 34.1 Å². The Morgan fingerprint density at radius 3 is 2.25 bits per heavy atom. The first kappa shape index (κ1) is 16.5. The first-order chi connectivity index (χ1) is 9.14. The first-order valence-electron chi connectivity index (χ1n) is 5.59. The molecule has 20 heavy (non-hydrogen) atoms. The minimum atomic E-state index is -5.52. The monoisotopic (exact) mass is 302 g/mol. The van der Waals surface area contributed by atoms with Crippen LogP contribution in [0.3, 0.4) is 0 Å². The summed E-state index contributed by atoms with van der Waals surface area (Å²) in [6.45, 7) is 1.40. The lowest BCUT2D eigenvalue weighted by Crippen LogP contribution is -2.44. The summed E-state index contributed by atoms with van der Waals surface area (Å²) < 4.78 is 77.4. The summed E-state index contributed by atoms with van der Waals surface area (Å²) in [5, 5.41) is 2.78. The van der Waals surface area contributed by atoms with Crippen LogP contribution < -0.4 is 5.32 Å². The zero-order chi connectivity index (χ0) is 15.4. The molecule has 0 amide bonds. The number of ether oxygens (including phenoxy) is 1. The normalized spacial score (nSPS) is 12.8. The molecule has 0 aliphatic carbocycles. The van der Waals surface area contributed by atoms with Gasteiger partial charge in [0, 0.05) is 6.54 Å². The van der Waals surface area contributed by atoms with E-state index >= 15 is 0 Å². The molecule has 0 aliphatic heterocycles. The van der Waals surface area contributed by atoms with Gasteiger partial charge in [-0.25, -0.2) is 4.98 Å². The Morgan fingerprint density at radius 2 is 1.75 bits per heavy atom. The SMILES string of the molecule is CCNc1cccc(COC(C(F)(F)F)C(F)(F)F)n1. The van der Waals surface area contributed by atoms with Crippen molar-refractivity contribution in [2.45, 2.75) is 32.0 Å². The van der Waals surface area contributed by atoms with Crippen molar-refractivity contribution in [1.29, 1.82) is 0 Å². The lowest BCUT2D eigenvalue weighted by atomic mass is 10.3. The van der Waals surface area contributed by atoms with Gasteiger partial charge in [-0.05, 0) is 19.1 Å². The Kier molecular flexibility index (Phi) is 5.21. The molecule has 1 rings (SSSR count). The van der Waals surface area contributed by atoms with Gasteiger partial charge in [0.1, 0.15) is 5.82 Å². The van der Waals surface area contributed by atoms with Crippen molar-refractivity contribution >= 4 is 5.82 Å². The van der Waals surface area contributed by atoms with Gasteiger partial charge < -0.3 is 10.1 Å². The van der Waals surface area contributed by atoms with Crippen molar-refractivity contribution in [2.24, 2.45) is 0 Å². The lowest BCUT2D eigenvalue weighted by molar-refractivity contribution is -0.324. The van der Waals surface area contributed by atoms with Crippen LogP contribution in [-0.4, -0.2) is 30.0 Å². The van der Waals surface area contributed by atoms with Crippen LogP contribution in [0.4, 0.5) is 32.2 Å². The fraction of sp³-hybridized carbons (Fsp3) is 0.545. The molecule has 3 nitrogen and oxygen atoms in total. The van der Waals surface area contributed by atoms with E-state index in [0.29, 0.717) is 12.4 Å². The van der Waals surface area contributed by atoms with Crippen molar-refractivity contribution in [1.82, 2.24) is 4.98 Å². The van der Waals surface area contributed by atoms with E-state index in [0.717, 1.165) is 0 Å². The van der Waals surface area contributed by atoms with E-state index < -0.39 is 25.1 Å². The quantitative estimate of drug-likeness (QED) is 0.845. The first-order valence-corrected chi connectivity index (χ1v) is 5.59. The second-order valence-corrected chi connectivity index (χ2v) is 3.82. The maximum Gasteiger partial charge on any atom is 0.423 e. The Balaban J connectivity index is 2.75. The molecular weight excluding hydrogens is 290 g/mol. The van der Waals surface area contributed by atoms with Gasteiger partial charge in [0.2, 0.25) is 6.10 Å². The summed E-state index contributed by atoms with van der Waals surface area (Å²) in [6, 6.07) is 4.28. The van der Waals surface area contributed by atoms with Crippen LogP contribution in [0, 0.1) is 0 Å². The van der Waals surface area contributed by atoms with Gasteiger partial charge in [-0.2, -0.15) is 26.3 Å². The summed E-state index contributed by atoms with van der Waals surface area (Å²) in [6.07, 6.45) is -14.9. The molecule has 1 heterocycles. The molecule has 0 aromatic carbocycles. The third-order valence-electron chi connectivity index (χ3n) is 2.16. The van der Waals surface area contributed by atoms with Crippen molar-refractivity contribution < 1.29 is 31.1 Å². The minimum Gasteiger partial charge on any atom is -0.370 e. The molecule has 0 spiro atoms. The summed E-state index contributed by atoms with van der Waals surface area (Å²) in [5.41, 5.74) is -0.0260. The highest BCUT2D eigenvalue weighted by Gasteiger charge is 2.57. The summed E-state index contributed by atoms with van der Waals surface area (Å²) in [7, 11) is 0. The van der Waals surface area contributed by atoms with Gasteiger partial charge in [0.25, 0.3) is 0 Å². The molecule has 1 aromatic rings. The molecule has 0 aliphatic rings. The van der Waals surface area contributed by atoms with Crippen LogP contribution in [0.15, 0.2) is 18.2 Å². The maximum atomic E-state index is 12.2. The van der Waals surface area contributed by atoms with Crippen molar-refractivity contribution in [3.63, 3.8) is 0 Å². The van der Waals surface area contributed by atoms with Gasteiger partial charge in [0.15, 0.2) is 0 Å². The van der Waals surface area contributed by atoms with E-state index in [9.17, 15) is 26.3 Å². The molecule has 0 unspecified atom stereocenters. The fourth-order valence-corrected chi connectivity index (χ4v) is 1.38. The van der Waals surface area contributed by atoms with Crippen molar-refractivity contribution in [3.05, 3.63) is 23.9 Å². The number of hydrogen-bond acceptors (Lipinski definition) is 3. The van der Waals surface area contributed by atoms with Crippen molar-refractivity contribution in [2.75, 3.05) is 11.9 Å². The molecule has 114 valence electrons. The number of halogens is 6. The number of rotatable bonds is 5. The largest absolute Gasteiger partial charge is 0.423 e. The van der Waals surface area contributed by atoms with Crippen LogP contribution in [0.25, 0.3) is 0 Å². The molecule has 0 saturated heterocycles. The summed E-state index contributed by atoms with van der Waals surface area (Å²) in [5.74, 6) is 0.351. The summed E-state index contributed by atoms with van der Waals surface area (Å²) in [4.78, 5) is 3.83. The van der Waals surface area contributed by atoms with Crippen LogP contribution in [0.5, 0.6) is 0 Å². The number of nitrogens with one attached hydrogen (secondary N) is 1. The number of nitrogens with zero attached hydrogens (tertiary/aromatic N) is 1. The lowest BCUT2D eigenvalue weighted by Gasteiger charge is -2.22. The third kappa shape index (κ3) is 4.87. The second-order valence-electron chi connectivity index (χ2n) is 3.82. The van der Waals surface area contributed by atoms with Gasteiger partial charge in [-0.1, -0.05) is 6.07 Å². The predicted octanol–water partition coefficient (Wildman–Crippen LogP) is 3.52. The van der Waals surface area contributed by atoms with E-state index in [-0.39, 0.29) is 5.69 Å². The number of anilines is 1. The Morgan fingerprint density at radius 1 is 1.15 bits per heavy atom. The predicted molar refractivity (Wildman–Crippen MR) is 59.1 cm³/mol. The minimum absolute atomic E-state index is 0.0260. The van der Waals surface area contributed by atoms with Gasteiger partial charge >= 0.3 is 12.4 Å². The van der Waals surface area contributed by atoms with E-state index in [1.165, 1.54) is 18.2 Å². The Hall–Kier alpha value is -1.51. The fourth-order valence-electron chi connectivity index (χ4n) is 1.38. The zero-order valence-electron chi connectivity index (χ0n) is 10.3. The van der Waals surface area contributed by atoms with Crippen molar-refractivity contribution in [3.8, 4) is 0 Å². The molecule has 0 atom stereocenters. The number of pyridine rings is 1. The maximum absolute atomic E-state index is 12.2. The van der Waals surface area contributed by atoms with Crippen LogP contribution in [0.2, 0.25) is 0 Å². The highest BCUT2D eigenvalue weighted by atomic mass is 19.4. The average molecular weight is 302 g/mol. The van der Waals surface area contributed by atoms with Crippen LogP contribution in [-0.2, 0) is 11.3 Å². The van der Waals surface area contributed by atoms with Crippen LogP contribution >= 0.6 is 0 Å².